The van der Waals surface area contributed by atoms with Gasteiger partial charge >= 0.3 is 6.18 Å². The number of hydrogen-bond acceptors (Lipinski definition) is 7. The highest BCUT2D eigenvalue weighted by Crippen LogP contribution is 2.39. The van der Waals surface area contributed by atoms with Gasteiger partial charge in [-0.05, 0) is 63.0 Å². The molecular formula is C28H42F4N4O5S. The number of rotatable bonds is 10. The molecule has 3 saturated heterocycles. The van der Waals surface area contributed by atoms with Gasteiger partial charge in [0, 0.05) is 76.9 Å². The summed E-state index contributed by atoms with van der Waals surface area (Å²) in [5.41, 5.74) is 3.50. The molecule has 1 amide bonds. The highest BCUT2D eigenvalue weighted by atomic mass is 32.2. The quantitative estimate of drug-likeness (QED) is 0.293. The van der Waals surface area contributed by atoms with Gasteiger partial charge in [0.15, 0.2) is 11.0 Å². The number of amides is 1. The van der Waals surface area contributed by atoms with Crippen molar-refractivity contribution in [3.8, 4) is 0 Å². The van der Waals surface area contributed by atoms with Crippen LogP contribution in [0, 0.1) is 0 Å². The molecule has 2 unspecified atom stereocenters. The molecule has 0 radical (unpaired) electrons. The minimum Gasteiger partial charge on any atom is -0.372 e. The largest absolute Gasteiger partial charge is 0.389 e. The van der Waals surface area contributed by atoms with Gasteiger partial charge in [0.1, 0.15) is 6.17 Å². The number of halogens is 4. The highest BCUT2D eigenvalue weighted by Gasteiger charge is 2.56. The molecule has 9 nitrogen and oxygen atoms in total. The van der Waals surface area contributed by atoms with Crippen molar-refractivity contribution in [3.05, 3.63) is 23.4 Å². The molecule has 2 atom stereocenters. The third-order valence-electron chi connectivity index (χ3n) is 9.19. The number of carbonyl (C=O) groups excluding carboxylic acids is 1. The zero-order valence-corrected chi connectivity index (χ0v) is 24.7. The molecule has 238 valence electrons. The fraction of sp³-hybridized carbons (Fsp3) is 0.821. The number of piperazine rings is 1. The fourth-order valence-corrected chi connectivity index (χ4v) is 8.54. The van der Waals surface area contributed by atoms with Crippen LogP contribution in [-0.2, 0) is 24.4 Å². The lowest BCUT2D eigenvalue weighted by Gasteiger charge is -2.45. The van der Waals surface area contributed by atoms with Crippen LogP contribution in [-0.4, -0.2) is 104 Å². The third kappa shape index (κ3) is 7.31. The Labute approximate surface area is 245 Å². The zero-order valence-electron chi connectivity index (χ0n) is 23.9. The lowest BCUT2D eigenvalue weighted by molar-refractivity contribution is -0.202. The van der Waals surface area contributed by atoms with Crippen LogP contribution in [0.4, 0.5) is 17.6 Å². The second kappa shape index (κ2) is 13.1. The number of nitrogens with zero attached hydrogens (tertiary/aromatic N) is 3. The van der Waals surface area contributed by atoms with Crippen molar-refractivity contribution >= 4 is 15.9 Å². The Balaban J connectivity index is 1.22. The lowest BCUT2D eigenvalue weighted by Crippen LogP contribution is -2.64. The van der Waals surface area contributed by atoms with Gasteiger partial charge in [0.25, 0.3) is 5.91 Å². The standard InChI is InChI=1S/C28H42F4N4O5S/c29-24-20-23(7-6-21(24)4-3-10-28(30,31)32)35-15-17-36(18-16-35)42(38,39)27(11-13-34(14-12-27)22-8-9-22)26(37)33-41-25-5-1-2-19-40-25/h6-7,22,24-25H,1-5,8-20H2,(H,33,37). The Kier molecular flexibility index (Phi) is 9.87. The topological polar surface area (TPSA) is 91.4 Å². The molecule has 0 aromatic heterocycles. The molecule has 3 aliphatic heterocycles. The summed E-state index contributed by atoms with van der Waals surface area (Å²) in [4.78, 5) is 23.3. The van der Waals surface area contributed by atoms with E-state index < -0.39 is 45.7 Å². The van der Waals surface area contributed by atoms with E-state index in [1.807, 2.05) is 4.90 Å². The van der Waals surface area contributed by atoms with Crippen molar-refractivity contribution in [2.75, 3.05) is 45.9 Å². The molecule has 1 saturated carbocycles. The van der Waals surface area contributed by atoms with E-state index in [4.69, 9.17) is 9.57 Å². The molecule has 0 aromatic rings. The van der Waals surface area contributed by atoms with Gasteiger partial charge in [-0.2, -0.15) is 17.5 Å². The van der Waals surface area contributed by atoms with Crippen LogP contribution in [0.1, 0.15) is 70.6 Å². The number of hydroxylamine groups is 1. The second-order valence-corrected chi connectivity index (χ2v) is 14.3. The number of allylic oxidation sites excluding steroid dienone is 4. The normalized spacial score (nSPS) is 28.2. The molecule has 5 rings (SSSR count). The van der Waals surface area contributed by atoms with Crippen LogP contribution in [0.25, 0.3) is 0 Å². The molecule has 1 N–H and O–H groups in total. The number of carbonyl (C=O) groups is 1. The van der Waals surface area contributed by atoms with Crippen LogP contribution in [0.5, 0.6) is 0 Å². The van der Waals surface area contributed by atoms with Gasteiger partial charge in [0.2, 0.25) is 10.0 Å². The number of nitrogens with one attached hydrogen (secondary N) is 1. The first-order chi connectivity index (χ1) is 20.0. The minimum absolute atomic E-state index is 0.0501. The summed E-state index contributed by atoms with van der Waals surface area (Å²) in [5, 5.41) is 0. The SMILES string of the molecule is O=C(NOC1CCCCO1)C1(S(=O)(=O)N2CCN(C3=CC=C(CCCC(F)(F)F)C(F)C3)CC2)CCN(C2CC2)CC1. The first kappa shape index (κ1) is 31.7. The zero-order chi connectivity index (χ0) is 30.0. The Hall–Kier alpha value is -1.74. The minimum atomic E-state index is -4.26. The fourth-order valence-electron chi connectivity index (χ4n) is 6.43. The van der Waals surface area contributed by atoms with E-state index in [0.29, 0.717) is 56.5 Å². The number of sulfonamides is 1. The van der Waals surface area contributed by atoms with Crippen molar-refractivity contribution in [3.63, 3.8) is 0 Å². The number of hydrogen-bond donors (Lipinski definition) is 1. The van der Waals surface area contributed by atoms with Crippen molar-refractivity contribution in [2.24, 2.45) is 0 Å². The summed E-state index contributed by atoms with van der Waals surface area (Å²) < 4.78 is 85.8. The van der Waals surface area contributed by atoms with Crippen LogP contribution < -0.4 is 5.48 Å². The number of alkyl halides is 4. The Bertz CT molecular complexity index is 1120. The highest BCUT2D eigenvalue weighted by molar-refractivity contribution is 7.91. The van der Waals surface area contributed by atoms with Gasteiger partial charge < -0.3 is 14.5 Å². The second-order valence-electron chi connectivity index (χ2n) is 12.0. The Morgan fingerprint density at radius 1 is 1.05 bits per heavy atom. The molecule has 5 aliphatic rings. The Morgan fingerprint density at radius 3 is 2.36 bits per heavy atom. The predicted molar refractivity (Wildman–Crippen MR) is 147 cm³/mol. The van der Waals surface area contributed by atoms with Gasteiger partial charge in [-0.15, -0.1) is 0 Å². The van der Waals surface area contributed by atoms with Crippen LogP contribution in [0.3, 0.4) is 0 Å². The van der Waals surface area contributed by atoms with E-state index in [0.717, 1.165) is 25.7 Å². The van der Waals surface area contributed by atoms with E-state index in [2.05, 4.69) is 10.4 Å². The van der Waals surface area contributed by atoms with Crippen LogP contribution in [0.15, 0.2) is 23.4 Å². The van der Waals surface area contributed by atoms with Crippen LogP contribution >= 0.6 is 0 Å². The first-order valence-electron chi connectivity index (χ1n) is 15.2. The first-order valence-corrected chi connectivity index (χ1v) is 16.6. The van der Waals surface area contributed by atoms with Crippen molar-refractivity contribution in [1.82, 2.24) is 19.6 Å². The summed E-state index contributed by atoms with van der Waals surface area (Å²) in [7, 11) is -4.07. The van der Waals surface area contributed by atoms with Crippen molar-refractivity contribution in [1.29, 1.82) is 0 Å². The van der Waals surface area contributed by atoms with Gasteiger partial charge in [-0.25, -0.2) is 23.1 Å². The van der Waals surface area contributed by atoms with Crippen LogP contribution in [0.2, 0.25) is 0 Å². The summed E-state index contributed by atoms with van der Waals surface area (Å²) in [6.45, 7) is 2.50. The number of piperidine rings is 1. The molecule has 0 bridgehead atoms. The van der Waals surface area contributed by atoms with E-state index in [1.165, 1.54) is 4.31 Å². The van der Waals surface area contributed by atoms with Gasteiger partial charge in [0.05, 0.1) is 0 Å². The monoisotopic (exact) mass is 622 g/mol. The lowest BCUT2D eigenvalue weighted by atomic mass is 9.94. The molecule has 2 aliphatic carbocycles. The molecule has 14 heteroatoms. The summed E-state index contributed by atoms with van der Waals surface area (Å²) in [5.74, 6) is -0.659. The average Bonchev–Trinajstić information content (AvgIpc) is 3.82. The van der Waals surface area contributed by atoms with Gasteiger partial charge in [-0.3, -0.25) is 4.79 Å². The van der Waals surface area contributed by atoms with E-state index in [1.54, 1.807) is 12.2 Å². The van der Waals surface area contributed by atoms with Gasteiger partial charge in [-0.1, -0.05) is 6.08 Å². The summed E-state index contributed by atoms with van der Waals surface area (Å²) >= 11 is 0. The molecule has 0 aromatic carbocycles. The maximum absolute atomic E-state index is 14.8. The smallest absolute Gasteiger partial charge is 0.372 e. The summed E-state index contributed by atoms with van der Waals surface area (Å²) in [6.07, 6.45) is 1.05. The van der Waals surface area contributed by atoms with E-state index in [9.17, 15) is 30.8 Å². The molecular weight excluding hydrogens is 580 g/mol. The van der Waals surface area contributed by atoms with E-state index in [-0.39, 0.29) is 45.2 Å². The molecule has 3 heterocycles. The number of ether oxygens (including phenoxy) is 1. The molecule has 0 spiro atoms. The maximum atomic E-state index is 14.8. The van der Waals surface area contributed by atoms with Crippen molar-refractivity contribution in [2.45, 2.75) is 100 Å². The predicted octanol–water partition coefficient (Wildman–Crippen LogP) is 3.79. The van der Waals surface area contributed by atoms with Crippen molar-refractivity contribution < 1.29 is 40.3 Å². The van der Waals surface area contributed by atoms with E-state index >= 15 is 0 Å². The average molecular weight is 623 g/mol. The third-order valence-corrected chi connectivity index (χ3v) is 11.8. The maximum Gasteiger partial charge on any atom is 0.389 e. The number of likely N-dealkylation sites (tertiary alicyclic amines) is 1. The summed E-state index contributed by atoms with van der Waals surface area (Å²) in [6, 6.07) is 0.464. The molecule has 4 fully saturated rings. The molecule has 42 heavy (non-hydrogen) atoms. The Morgan fingerprint density at radius 2 is 1.76 bits per heavy atom.